The standard InChI is InChI=1S/C25H22N2O4/c28-24(15-31-23-12-6-5-11-22(23)27(29)30)26-14-16-13-21-17-7-1-3-9-19(17)25(16)20-10-4-2-8-18(20)21/h1-12,16,21,25H,13-15H2,(H,26,28). The van der Waals surface area contributed by atoms with E-state index in [1.807, 2.05) is 0 Å². The number of fused-ring (bicyclic) bond motifs is 1. The minimum absolute atomic E-state index is 0.0993. The van der Waals surface area contributed by atoms with Crippen LogP contribution in [0.1, 0.15) is 40.5 Å². The lowest BCUT2D eigenvalue weighted by Gasteiger charge is -2.45. The van der Waals surface area contributed by atoms with Crippen LogP contribution < -0.4 is 10.1 Å². The summed E-state index contributed by atoms with van der Waals surface area (Å²) in [5.74, 6) is 0.726. The molecule has 0 spiro atoms. The van der Waals surface area contributed by atoms with Crippen molar-refractivity contribution in [3.63, 3.8) is 0 Å². The predicted octanol–water partition coefficient (Wildman–Crippen LogP) is 4.39. The summed E-state index contributed by atoms with van der Waals surface area (Å²) in [6.07, 6.45) is 0.990. The maximum absolute atomic E-state index is 12.4. The Morgan fingerprint density at radius 2 is 1.52 bits per heavy atom. The van der Waals surface area contributed by atoms with Gasteiger partial charge in [-0.05, 0) is 40.7 Å². The van der Waals surface area contributed by atoms with Gasteiger partial charge in [0.05, 0.1) is 4.92 Å². The second-order valence-electron chi connectivity index (χ2n) is 8.10. The number of nitro groups is 1. The molecule has 1 N–H and O–H groups in total. The van der Waals surface area contributed by atoms with Crippen LogP contribution in [0, 0.1) is 16.0 Å². The van der Waals surface area contributed by atoms with Crippen LogP contribution in [0.15, 0.2) is 72.8 Å². The summed E-state index contributed by atoms with van der Waals surface area (Å²) < 4.78 is 5.42. The summed E-state index contributed by atoms with van der Waals surface area (Å²) >= 11 is 0. The van der Waals surface area contributed by atoms with Crippen LogP contribution in [0.25, 0.3) is 0 Å². The number of nitrogens with zero attached hydrogens (tertiary/aromatic N) is 1. The molecule has 2 bridgehead atoms. The predicted molar refractivity (Wildman–Crippen MR) is 116 cm³/mol. The van der Waals surface area contributed by atoms with E-state index in [0.717, 1.165) is 6.42 Å². The number of amides is 1. The van der Waals surface area contributed by atoms with Gasteiger partial charge < -0.3 is 10.1 Å². The maximum atomic E-state index is 12.4. The molecular formula is C25H22N2O4. The molecule has 6 heteroatoms. The quantitative estimate of drug-likeness (QED) is 0.479. The molecule has 6 nitrogen and oxygen atoms in total. The molecule has 3 aromatic rings. The molecule has 3 aliphatic rings. The fraction of sp³-hybridized carbons (Fsp3) is 0.240. The first-order chi connectivity index (χ1) is 15.1. The van der Waals surface area contributed by atoms with Crippen molar-refractivity contribution in [3.05, 3.63) is 105 Å². The molecule has 0 saturated heterocycles. The smallest absolute Gasteiger partial charge is 0.310 e. The van der Waals surface area contributed by atoms with Crippen molar-refractivity contribution in [2.45, 2.75) is 18.3 Å². The first-order valence-corrected chi connectivity index (χ1v) is 10.4. The highest BCUT2D eigenvalue weighted by Crippen LogP contribution is 2.55. The number of benzene rings is 3. The number of hydrogen-bond donors (Lipinski definition) is 1. The molecule has 0 fully saturated rings. The van der Waals surface area contributed by atoms with E-state index in [9.17, 15) is 14.9 Å². The zero-order valence-corrected chi connectivity index (χ0v) is 16.9. The average molecular weight is 414 g/mol. The third kappa shape index (κ3) is 3.44. The van der Waals surface area contributed by atoms with Crippen LogP contribution in [0.5, 0.6) is 5.75 Å². The molecule has 1 unspecified atom stereocenters. The van der Waals surface area contributed by atoms with Crippen LogP contribution in [-0.2, 0) is 4.79 Å². The van der Waals surface area contributed by atoms with E-state index >= 15 is 0 Å². The number of para-hydroxylation sites is 2. The van der Waals surface area contributed by atoms with E-state index in [0.29, 0.717) is 18.4 Å². The second-order valence-corrected chi connectivity index (χ2v) is 8.10. The van der Waals surface area contributed by atoms with E-state index in [-0.39, 0.29) is 29.9 Å². The lowest BCUT2D eigenvalue weighted by atomic mass is 9.59. The van der Waals surface area contributed by atoms with Gasteiger partial charge >= 0.3 is 5.69 Å². The third-order valence-electron chi connectivity index (χ3n) is 6.40. The van der Waals surface area contributed by atoms with Gasteiger partial charge in [0.15, 0.2) is 12.4 Å². The topological polar surface area (TPSA) is 81.5 Å². The monoisotopic (exact) mass is 414 g/mol. The van der Waals surface area contributed by atoms with Gasteiger partial charge in [0, 0.05) is 24.4 Å². The summed E-state index contributed by atoms with van der Waals surface area (Å²) in [7, 11) is 0. The number of hydrogen-bond acceptors (Lipinski definition) is 4. The number of ether oxygens (including phenoxy) is 1. The maximum Gasteiger partial charge on any atom is 0.310 e. The van der Waals surface area contributed by atoms with Crippen molar-refractivity contribution in [2.75, 3.05) is 13.2 Å². The average Bonchev–Trinajstić information content (AvgIpc) is 2.81. The lowest BCUT2D eigenvalue weighted by Crippen LogP contribution is -2.40. The number of carbonyl (C=O) groups excluding carboxylic acids is 1. The van der Waals surface area contributed by atoms with Gasteiger partial charge in [0.2, 0.25) is 0 Å². The van der Waals surface area contributed by atoms with E-state index in [2.05, 4.69) is 53.8 Å². The number of nitro benzene ring substituents is 1. The molecule has 156 valence electrons. The van der Waals surface area contributed by atoms with Gasteiger partial charge in [-0.25, -0.2) is 0 Å². The highest BCUT2D eigenvalue weighted by Gasteiger charge is 2.42. The minimum Gasteiger partial charge on any atom is -0.477 e. The first kappa shape index (κ1) is 19.3. The summed E-state index contributed by atoms with van der Waals surface area (Å²) in [4.78, 5) is 23.0. The van der Waals surface area contributed by atoms with Gasteiger partial charge in [0.25, 0.3) is 5.91 Å². The molecule has 0 aliphatic heterocycles. The fourth-order valence-corrected chi connectivity index (χ4v) is 5.13. The summed E-state index contributed by atoms with van der Waals surface area (Å²) in [5.41, 5.74) is 5.36. The Labute approximate surface area is 180 Å². The van der Waals surface area contributed by atoms with E-state index in [4.69, 9.17) is 4.74 Å². The summed E-state index contributed by atoms with van der Waals surface area (Å²) in [6.45, 7) is 0.293. The van der Waals surface area contributed by atoms with Crippen molar-refractivity contribution in [3.8, 4) is 5.75 Å². The molecule has 1 atom stereocenters. The first-order valence-electron chi connectivity index (χ1n) is 10.4. The molecule has 3 aliphatic carbocycles. The Morgan fingerprint density at radius 3 is 2.16 bits per heavy atom. The van der Waals surface area contributed by atoms with Crippen LogP contribution >= 0.6 is 0 Å². The van der Waals surface area contributed by atoms with Crippen LogP contribution in [0.2, 0.25) is 0 Å². The van der Waals surface area contributed by atoms with Crippen molar-refractivity contribution >= 4 is 11.6 Å². The Bertz CT molecular complexity index is 1110. The number of carbonyl (C=O) groups is 1. The second kappa shape index (κ2) is 7.87. The SMILES string of the molecule is O=C(COc1ccccc1[N+](=O)[O-])NCC1CC2c3ccccc3C1c1ccccc12. The van der Waals surface area contributed by atoms with Crippen molar-refractivity contribution in [2.24, 2.45) is 5.92 Å². The van der Waals surface area contributed by atoms with E-state index in [1.165, 1.54) is 34.4 Å². The van der Waals surface area contributed by atoms with Gasteiger partial charge in [-0.2, -0.15) is 0 Å². The molecule has 31 heavy (non-hydrogen) atoms. The van der Waals surface area contributed by atoms with Gasteiger partial charge in [-0.15, -0.1) is 0 Å². The zero-order chi connectivity index (χ0) is 21.4. The lowest BCUT2D eigenvalue weighted by molar-refractivity contribution is -0.385. The highest BCUT2D eigenvalue weighted by atomic mass is 16.6. The van der Waals surface area contributed by atoms with E-state index < -0.39 is 4.92 Å². The molecule has 0 radical (unpaired) electrons. The van der Waals surface area contributed by atoms with Crippen molar-refractivity contribution < 1.29 is 14.5 Å². The van der Waals surface area contributed by atoms with Gasteiger partial charge in [-0.1, -0.05) is 60.7 Å². The van der Waals surface area contributed by atoms with Crippen LogP contribution in [0.3, 0.4) is 0 Å². The largest absolute Gasteiger partial charge is 0.477 e. The Kier molecular flexibility index (Phi) is 4.90. The Morgan fingerprint density at radius 1 is 0.935 bits per heavy atom. The van der Waals surface area contributed by atoms with Crippen molar-refractivity contribution in [1.29, 1.82) is 0 Å². The number of rotatable bonds is 6. The van der Waals surface area contributed by atoms with Crippen molar-refractivity contribution in [1.82, 2.24) is 5.32 Å². The minimum atomic E-state index is -0.513. The molecule has 0 saturated carbocycles. The molecule has 0 heterocycles. The molecule has 3 aromatic carbocycles. The summed E-state index contributed by atoms with van der Waals surface area (Å²) in [5, 5.41) is 14.1. The molecule has 6 rings (SSSR count). The molecule has 0 aromatic heterocycles. The zero-order valence-electron chi connectivity index (χ0n) is 16.9. The highest BCUT2D eigenvalue weighted by molar-refractivity contribution is 5.77. The normalized spacial score (nSPS) is 20.5. The van der Waals surface area contributed by atoms with Gasteiger partial charge in [0.1, 0.15) is 0 Å². The Balaban J connectivity index is 1.28. The van der Waals surface area contributed by atoms with Gasteiger partial charge in [-0.3, -0.25) is 14.9 Å². The molecule has 1 amide bonds. The fourth-order valence-electron chi connectivity index (χ4n) is 5.13. The summed E-state index contributed by atoms with van der Waals surface area (Å²) in [6, 6.07) is 23.3. The third-order valence-corrected chi connectivity index (χ3v) is 6.40. The molecular weight excluding hydrogens is 392 g/mol. The van der Waals surface area contributed by atoms with Crippen LogP contribution in [-0.4, -0.2) is 24.0 Å². The van der Waals surface area contributed by atoms with Crippen LogP contribution in [0.4, 0.5) is 5.69 Å². The Hall–Kier alpha value is -3.67. The number of nitrogens with one attached hydrogen (secondary N) is 1. The van der Waals surface area contributed by atoms with E-state index in [1.54, 1.807) is 12.1 Å².